The van der Waals surface area contributed by atoms with Gasteiger partial charge in [0, 0.05) is 6.61 Å². The minimum atomic E-state index is 0.576. The molecule has 0 spiro atoms. The van der Waals surface area contributed by atoms with Crippen molar-refractivity contribution in [3.8, 4) is 0 Å². The van der Waals surface area contributed by atoms with Crippen molar-refractivity contribution in [3.63, 3.8) is 0 Å². The summed E-state index contributed by atoms with van der Waals surface area (Å²) in [5.41, 5.74) is 1.18. The summed E-state index contributed by atoms with van der Waals surface area (Å²) in [4.78, 5) is 0. The van der Waals surface area contributed by atoms with Crippen molar-refractivity contribution in [1.82, 2.24) is 0 Å². The van der Waals surface area contributed by atoms with Crippen molar-refractivity contribution in [1.29, 1.82) is 0 Å². The molecule has 0 aliphatic heterocycles. The van der Waals surface area contributed by atoms with Crippen molar-refractivity contribution in [2.45, 2.75) is 26.9 Å². The van der Waals surface area contributed by atoms with Crippen LogP contribution in [0.5, 0.6) is 0 Å². The number of hydrogen-bond donors (Lipinski definition) is 0. The molecule has 1 aromatic rings. The lowest BCUT2D eigenvalue weighted by Gasteiger charge is -2.10. The normalized spacial score (nSPS) is 12.4. The fraction of sp³-hybridized carbons (Fsp3) is 0.700. The van der Waals surface area contributed by atoms with E-state index in [0.29, 0.717) is 65.4 Å². The van der Waals surface area contributed by atoms with Crippen LogP contribution in [0.1, 0.15) is 25.8 Å². The second-order valence-electron chi connectivity index (χ2n) is 5.96. The molecule has 0 N–H and O–H groups in total. The van der Waals surface area contributed by atoms with Crippen LogP contribution in [-0.4, -0.2) is 59.5 Å². The summed E-state index contributed by atoms with van der Waals surface area (Å²) >= 11 is 0. The molecule has 0 heterocycles. The Balaban J connectivity index is 1.72. The van der Waals surface area contributed by atoms with Crippen molar-refractivity contribution in [2.75, 3.05) is 59.5 Å². The van der Waals surface area contributed by atoms with Crippen LogP contribution < -0.4 is 0 Å². The van der Waals surface area contributed by atoms with E-state index in [1.807, 2.05) is 18.2 Å². The Kier molecular flexibility index (Phi) is 14.5. The van der Waals surface area contributed by atoms with Gasteiger partial charge in [-0.05, 0) is 11.5 Å². The molecule has 0 aliphatic rings. The molecule has 1 rings (SSSR count). The molecule has 0 fully saturated rings. The zero-order chi connectivity index (χ0) is 18.0. The molecule has 25 heavy (non-hydrogen) atoms. The molecule has 0 aliphatic carbocycles. The molecule has 0 amide bonds. The minimum Gasteiger partial charge on any atom is -0.379 e. The van der Waals surface area contributed by atoms with Crippen LogP contribution in [0.25, 0.3) is 0 Å². The molecule has 5 nitrogen and oxygen atoms in total. The van der Waals surface area contributed by atoms with E-state index in [0.717, 1.165) is 13.0 Å². The van der Waals surface area contributed by atoms with E-state index in [-0.39, 0.29) is 0 Å². The van der Waals surface area contributed by atoms with Gasteiger partial charge in [-0.3, -0.25) is 0 Å². The summed E-state index contributed by atoms with van der Waals surface area (Å²) in [6.45, 7) is 10.6. The Morgan fingerprint density at radius 3 is 1.68 bits per heavy atom. The summed E-state index contributed by atoms with van der Waals surface area (Å²) in [6.07, 6.45) is 1.15. The van der Waals surface area contributed by atoms with Crippen molar-refractivity contribution < 1.29 is 23.7 Å². The monoisotopic (exact) mass is 354 g/mol. The van der Waals surface area contributed by atoms with Gasteiger partial charge in [0.1, 0.15) is 0 Å². The Morgan fingerprint density at radius 2 is 1.16 bits per heavy atom. The Bertz CT molecular complexity index is 385. The average Bonchev–Trinajstić information content (AvgIpc) is 2.65. The van der Waals surface area contributed by atoms with Crippen LogP contribution in [-0.2, 0) is 30.3 Å². The molecule has 5 heteroatoms. The summed E-state index contributed by atoms with van der Waals surface area (Å²) in [5, 5.41) is 0. The lowest BCUT2D eigenvalue weighted by Crippen LogP contribution is -2.14. The first-order chi connectivity index (χ1) is 12.3. The summed E-state index contributed by atoms with van der Waals surface area (Å²) in [6, 6.07) is 10.1. The summed E-state index contributed by atoms with van der Waals surface area (Å²) < 4.78 is 27.4. The van der Waals surface area contributed by atoms with Gasteiger partial charge in [0.2, 0.25) is 0 Å². The smallest absolute Gasteiger partial charge is 0.0718 e. The van der Waals surface area contributed by atoms with Crippen LogP contribution in [0.4, 0.5) is 0 Å². The van der Waals surface area contributed by atoms with Gasteiger partial charge < -0.3 is 23.7 Å². The van der Waals surface area contributed by atoms with Crippen LogP contribution in [0.15, 0.2) is 30.3 Å². The first-order valence-electron chi connectivity index (χ1n) is 9.25. The highest BCUT2D eigenvalue weighted by Gasteiger charge is 1.98. The van der Waals surface area contributed by atoms with Crippen LogP contribution in [0.3, 0.4) is 0 Å². The Morgan fingerprint density at radius 1 is 0.680 bits per heavy atom. The summed E-state index contributed by atoms with van der Waals surface area (Å²) in [7, 11) is 0. The van der Waals surface area contributed by atoms with Gasteiger partial charge in [-0.15, -0.1) is 0 Å². The fourth-order valence-electron chi connectivity index (χ4n) is 1.94. The largest absolute Gasteiger partial charge is 0.379 e. The van der Waals surface area contributed by atoms with Crippen molar-refractivity contribution >= 4 is 0 Å². The molecule has 0 radical (unpaired) electrons. The quantitative estimate of drug-likeness (QED) is 0.402. The molecule has 0 saturated heterocycles. The highest BCUT2D eigenvalue weighted by Crippen LogP contribution is 2.00. The van der Waals surface area contributed by atoms with Gasteiger partial charge in [-0.2, -0.15) is 0 Å². The number of ether oxygens (including phenoxy) is 5. The lowest BCUT2D eigenvalue weighted by atomic mass is 10.1. The molecule has 144 valence electrons. The zero-order valence-electron chi connectivity index (χ0n) is 15.8. The average molecular weight is 354 g/mol. The van der Waals surface area contributed by atoms with Crippen LogP contribution in [0.2, 0.25) is 0 Å². The molecule has 0 saturated carbocycles. The number of hydrogen-bond acceptors (Lipinski definition) is 5. The van der Waals surface area contributed by atoms with E-state index in [1.165, 1.54) is 5.56 Å². The fourth-order valence-corrected chi connectivity index (χ4v) is 1.94. The van der Waals surface area contributed by atoms with Gasteiger partial charge >= 0.3 is 0 Å². The number of rotatable bonds is 17. The van der Waals surface area contributed by atoms with Gasteiger partial charge in [0.25, 0.3) is 0 Å². The van der Waals surface area contributed by atoms with Gasteiger partial charge in [-0.25, -0.2) is 0 Å². The standard InChI is InChI=1S/C20H34O5/c1-3-19(2)17-24-15-13-22-11-9-21-10-12-23-14-16-25-18-20-7-5-4-6-8-20/h4-8,19H,3,9-18H2,1-2H3. The Hall–Kier alpha value is -0.980. The molecule has 1 aromatic carbocycles. The molecule has 1 unspecified atom stereocenters. The SMILES string of the molecule is CCC(C)COCCOCCOCCOCCOCc1ccccc1. The van der Waals surface area contributed by atoms with E-state index >= 15 is 0 Å². The first kappa shape index (κ1) is 22.1. The van der Waals surface area contributed by atoms with Gasteiger partial charge in [0.05, 0.1) is 59.5 Å². The van der Waals surface area contributed by atoms with Gasteiger partial charge in [-0.1, -0.05) is 50.6 Å². The maximum atomic E-state index is 5.54. The molecule has 0 bridgehead atoms. The molecule has 1 atom stereocenters. The Labute approximate surface area is 152 Å². The first-order valence-corrected chi connectivity index (χ1v) is 9.25. The van der Waals surface area contributed by atoms with Gasteiger partial charge in [0.15, 0.2) is 0 Å². The van der Waals surface area contributed by atoms with E-state index in [1.54, 1.807) is 0 Å². The predicted octanol–water partition coefficient (Wildman–Crippen LogP) is 3.32. The molecular weight excluding hydrogens is 320 g/mol. The third-order valence-electron chi connectivity index (χ3n) is 3.70. The third kappa shape index (κ3) is 13.9. The highest BCUT2D eigenvalue weighted by atomic mass is 16.6. The van der Waals surface area contributed by atoms with Crippen LogP contribution in [0, 0.1) is 5.92 Å². The van der Waals surface area contributed by atoms with E-state index in [2.05, 4.69) is 26.0 Å². The number of benzene rings is 1. The van der Waals surface area contributed by atoms with Crippen molar-refractivity contribution in [2.24, 2.45) is 5.92 Å². The maximum Gasteiger partial charge on any atom is 0.0718 e. The second kappa shape index (κ2) is 16.5. The predicted molar refractivity (Wildman–Crippen MR) is 98.8 cm³/mol. The maximum absolute atomic E-state index is 5.54. The molecular formula is C20H34O5. The van der Waals surface area contributed by atoms with Crippen molar-refractivity contribution in [3.05, 3.63) is 35.9 Å². The summed E-state index contributed by atoms with van der Waals surface area (Å²) in [5.74, 6) is 0.618. The zero-order valence-corrected chi connectivity index (χ0v) is 15.8. The topological polar surface area (TPSA) is 46.2 Å². The second-order valence-corrected chi connectivity index (χ2v) is 5.96. The minimum absolute atomic E-state index is 0.576. The van der Waals surface area contributed by atoms with Crippen LogP contribution >= 0.6 is 0 Å². The van der Waals surface area contributed by atoms with E-state index in [4.69, 9.17) is 23.7 Å². The third-order valence-corrected chi connectivity index (χ3v) is 3.70. The highest BCUT2D eigenvalue weighted by molar-refractivity contribution is 5.13. The lowest BCUT2D eigenvalue weighted by molar-refractivity contribution is -0.0144. The van der Waals surface area contributed by atoms with E-state index < -0.39 is 0 Å². The van der Waals surface area contributed by atoms with E-state index in [9.17, 15) is 0 Å². The molecule has 0 aromatic heterocycles.